The van der Waals surface area contributed by atoms with E-state index in [1.165, 1.54) is 6.07 Å². The molecule has 3 fully saturated rings. The molecule has 5 nitrogen and oxygen atoms in total. The zero-order valence-electron chi connectivity index (χ0n) is 19.0. The highest BCUT2D eigenvalue weighted by Gasteiger charge is 2.42. The van der Waals surface area contributed by atoms with Crippen LogP contribution in [-0.4, -0.2) is 23.3 Å². The fourth-order valence-corrected chi connectivity index (χ4v) is 6.27. The van der Waals surface area contributed by atoms with Gasteiger partial charge in [0.25, 0.3) is 0 Å². The average Bonchev–Trinajstić information content (AvgIpc) is 3.55. The van der Waals surface area contributed by atoms with Gasteiger partial charge in [0.1, 0.15) is 23.3 Å². The van der Waals surface area contributed by atoms with Gasteiger partial charge in [0.2, 0.25) is 0 Å². The lowest BCUT2D eigenvalue weighted by Crippen LogP contribution is -2.45. The van der Waals surface area contributed by atoms with Crippen molar-refractivity contribution in [3.63, 3.8) is 0 Å². The fraction of sp³-hybridized carbons (Fsp3) is 0.407. The normalized spacial score (nSPS) is 23.5. The predicted octanol–water partition coefficient (Wildman–Crippen LogP) is 7.25. The standard InChI is InChI=1S/C27H24Cl2FN3O2/c28-22-2-1-3-23(29)25(22)26-21(27(35-32-26)15-4-5-15)14-34-20-10-17-8-9-18(11-20)33(17)19-7-6-16(13-31)24(30)12-19/h1-3,6-7,12,15,17-18,20H,4-5,8-11,14H2/t17-,18+,20?. The molecule has 1 unspecified atom stereocenters. The number of hydrogen-bond acceptors (Lipinski definition) is 5. The van der Waals surface area contributed by atoms with Crippen LogP contribution in [0.2, 0.25) is 10.0 Å². The van der Waals surface area contributed by atoms with Crippen molar-refractivity contribution in [3.05, 3.63) is 69.1 Å². The molecule has 0 spiro atoms. The summed E-state index contributed by atoms with van der Waals surface area (Å²) in [7, 11) is 0. The number of benzene rings is 2. The first kappa shape index (κ1) is 22.8. The van der Waals surface area contributed by atoms with Gasteiger partial charge in [0, 0.05) is 34.8 Å². The Hall–Kier alpha value is -2.59. The smallest absolute Gasteiger partial charge is 0.145 e. The van der Waals surface area contributed by atoms with Gasteiger partial charge in [-0.3, -0.25) is 0 Å². The van der Waals surface area contributed by atoms with Gasteiger partial charge in [0.05, 0.1) is 28.3 Å². The number of piperidine rings is 1. The van der Waals surface area contributed by atoms with Crippen LogP contribution in [0.25, 0.3) is 11.3 Å². The third-order valence-electron chi connectivity index (χ3n) is 7.49. The van der Waals surface area contributed by atoms with E-state index < -0.39 is 5.82 Å². The molecular weight excluding hydrogens is 488 g/mol. The lowest BCUT2D eigenvalue weighted by molar-refractivity contribution is 0.0147. The summed E-state index contributed by atoms with van der Waals surface area (Å²) in [6.07, 6.45) is 6.08. The Morgan fingerprint density at radius 1 is 1.09 bits per heavy atom. The third-order valence-corrected chi connectivity index (χ3v) is 8.12. The number of anilines is 1. The van der Waals surface area contributed by atoms with E-state index >= 15 is 0 Å². The third kappa shape index (κ3) is 4.20. The van der Waals surface area contributed by atoms with Crippen molar-refractivity contribution in [2.45, 2.75) is 69.2 Å². The Balaban J connectivity index is 1.21. The number of nitrogens with zero attached hydrogens (tertiary/aromatic N) is 3. The molecule has 3 atom stereocenters. The molecule has 0 amide bonds. The molecule has 8 heteroatoms. The minimum absolute atomic E-state index is 0.0777. The van der Waals surface area contributed by atoms with Gasteiger partial charge in [-0.2, -0.15) is 5.26 Å². The van der Waals surface area contributed by atoms with Crippen LogP contribution in [0.3, 0.4) is 0 Å². The molecule has 1 aliphatic carbocycles. The van der Waals surface area contributed by atoms with Crippen LogP contribution in [0.4, 0.5) is 10.1 Å². The van der Waals surface area contributed by atoms with Crippen LogP contribution in [-0.2, 0) is 11.3 Å². The lowest BCUT2D eigenvalue weighted by Gasteiger charge is -2.40. The first-order valence-corrected chi connectivity index (χ1v) is 12.8. The predicted molar refractivity (Wildman–Crippen MR) is 132 cm³/mol. The molecule has 1 aromatic heterocycles. The van der Waals surface area contributed by atoms with Crippen molar-refractivity contribution in [2.75, 3.05) is 4.90 Å². The topological polar surface area (TPSA) is 62.3 Å². The molecule has 0 radical (unpaired) electrons. The van der Waals surface area contributed by atoms with Gasteiger partial charge in [-0.25, -0.2) is 4.39 Å². The van der Waals surface area contributed by atoms with Crippen molar-refractivity contribution in [1.29, 1.82) is 5.26 Å². The van der Waals surface area contributed by atoms with E-state index in [1.807, 2.05) is 18.2 Å². The fourth-order valence-electron chi connectivity index (χ4n) is 5.69. The molecule has 1 saturated carbocycles. The van der Waals surface area contributed by atoms with Crippen molar-refractivity contribution < 1.29 is 13.7 Å². The monoisotopic (exact) mass is 511 g/mol. The number of halogens is 3. The molecule has 6 rings (SSSR count). The second-order valence-corrected chi connectivity index (χ2v) is 10.5. The van der Waals surface area contributed by atoms with E-state index in [9.17, 15) is 4.39 Å². The minimum atomic E-state index is -0.464. The number of aromatic nitrogens is 1. The van der Waals surface area contributed by atoms with Crippen molar-refractivity contribution >= 4 is 28.9 Å². The molecule has 2 saturated heterocycles. The van der Waals surface area contributed by atoms with Gasteiger partial charge in [-0.15, -0.1) is 0 Å². The summed E-state index contributed by atoms with van der Waals surface area (Å²) in [6.45, 7) is 0.391. The molecule has 180 valence electrons. The first-order chi connectivity index (χ1) is 17.0. The second kappa shape index (κ2) is 9.13. The first-order valence-electron chi connectivity index (χ1n) is 12.1. The summed E-state index contributed by atoms with van der Waals surface area (Å²) in [6, 6.07) is 12.8. The Labute approximate surface area is 213 Å². The van der Waals surface area contributed by atoms with Gasteiger partial charge < -0.3 is 14.2 Å². The zero-order valence-corrected chi connectivity index (χ0v) is 20.5. The summed E-state index contributed by atoms with van der Waals surface area (Å²) in [4.78, 5) is 2.31. The van der Waals surface area contributed by atoms with E-state index in [4.69, 9.17) is 37.7 Å². The van der Waals surface area contributed by atoms with Crippen molar-refractivity contribution in [1.82, 2.24) is 5.16 Å². The largest absolute Gasteiger partial charge is 0.373 e. The van der Waals surface area contributed by atoms with Gasteiger partial charge >= 0.3 is 0 Å². The molecule has 0 N–H and O–H groups in total. The van der Waals surface area contributed by atoms with Gasteiger partial charge in [0.15, 0.2) is 0 Å². The number of hydrogen-bond donors (Lipinski definition) is 0. The van der Waals surface area contributed by atoms with Crippen LogP contribution >= 0.6 is 23.2 Å². The summed E-state index contributed by atoms with van der Waals surface area (Å²) in [5.74, 6) is 0.790. The maximum absolute atomic E-state index is 14.3. The lowest BCUT2D eigenvalue weighted by atomic mass is 9.98. The van der Waals surface area contributed by atoms with E-state index in [2.05, 4.69) is 10.1 Å². The highest BCUT2D eigenvalue weighted by atomic mass is 35.5. The molecule has 3 heterocycles. The highest BCUT2D eigenvalue weighted by molar-refractivity contribution is 6.39. The van der Waals surface area contributed by atoms with E-state index in [0.717, 1.165) is 55.5 Å². The molecule has 2 bridgehead atoms. The van der Waals surface area contributed by atoms with Crippen LogP contribution in [0.1, 0.15) is 61.3 Å². The molecule has 2 aliphatic heterocycles. The molecular formula is C27H24Cl2FN3O2. The number of nitriles is 1. The molecule has 35 heavy (non-hydrogen) atoms. The number of ether oxygens (including phenoxy) is 1. The Kier molecular flexibility index (Phi) is 5.96. The van der Waals surface area contributed by atoms with Crippen LogP contribution in [0, 0.1) is 17.1 Å². The van der Waals surface area contributed by atoms with Crippen LogP contribution in [0.5, 0.6) is 0 Å². The van der Waals surface area contributed by atoms with E-state index in [1.54, 1.807) is 18.2 Å². The summed E-state index contributed by atoms with van der Waals surface area (Å²) >= 11 is 13.0. The molecule has 3 aliphatic rings. The minimum Gasteiger partial charge on any atom is -0.373 e. The quantitative estimate of drug-likeness (QED) is 0.348. The number of rotatable bonds is 6. The second-order valence-electron chi connectivity index (χ2n) is 9.72. The zero-order chi connectivity index (χ0) is 24.1. The van der Waals surface area contributed by atoms with Gasteiger partial charge in [-0.1, -0.05) is 34.4 Å². The van der Waals surface area contributed by atoms with Crippen molar-refractivity contribution in [3.8, 4) is 17.3 Å². The summed E-state index contributed by atoms with van der Waals surface area (Å²) < 4.78 is 26.5. The van der Waals surface area contributed by atoms with E-state index in [-0.39, 0.29) is 23.8 Å². The maximum atomic E-state index is 14.3. The van der Waals surface area contributed by atoms with Crippen LogP contribution < -0.4 is 4.90 Å². The van der Waals surface area contributed by atoms with Crippen LogP contribution in [0.15, 0.2) is 40.9 Å². The Bertz CT molecular complexity index is 1280. The SMILES string of the molecule is N#Cc1ccc(N2[C@@H]3CC[C@H]2CC(OCc2c(-c4c(Cl)cccc4Cl)noc2C2CC2)C3)cc1F. The van der Waals surface area contributed by atoms with Crippen molar-refractivity contribution in [2.24, 2.45) is 0 Å². The molecule has 3 aromatic rings. The molecule has 2 aromatic carbocycles. The maximum Gasteiger partial charge on any atom is 0.145 e. The van der Waals surface area contributed by atoms with Gasteiger partial charge in [-0.05, 0) is 68.9 Å². The Morgan fingerprint density at radius 2 is 1.80 bits per heavy atom. The number of fused-ring (bicyclic) bond motifs is 2. The van der Waals surface area contributed by atoms with E-state index in [0.29, 0.717) is 33.8 Å². The highest BCUT2D eigenvalue weighted by Crippen LogP contribution is 2.47. The summed E-state index contributed by atoms with van der Waals surface area (Å²) in [5.41, 5.74) is 3.21. The Morgan fingerprint density at radius 3 is 2.43 bits per heavy atom. The summed E-state index contributed by atoms with van der Waals surface area (Å²) in [5, 5.41) is 14.5. The average molecular weight is 512 g/mol.